The average molecular weight is 671 g/mol. The zero-order valence-corrected chi connectivity index (χ0v) is 29.8. The molecule has 276 valence electrons. The first-order chi connectivity index (χ1) is 22.9. The molecule has 0 saturated carbocycles. The van der Waals surface area contributed by atoms with E-state index < -0.39 is 43.4 Å². The maximum Gasteiger partial charge on any atom is 0.306 e. The van der Waals surface area contributed by atoms with Gasteiger partial charge in [0.25, 0.3) is 0 Å². The normalized spacial score (nSPS) is 22.4. The minimum Gasteiger partial charge on any atom is -0.457 e. The Bertz CT molecular complexity index is 772. The van der Waals surface area contributed by atoms with E-state index in [2.05, 4.69) is 38.2 Å². The van der Waals surface area contributed by atoms with E-state index in [1.54, 1.807) is 0 Å². The van der Waals surface area contributed by atoms with Crippen molar-refractivity contribution in [1.82, 2.24) is 0 Å². The van der Waals surface area contributed by atoms with E-state index in [0.29, 0.717) is 13.0 Å². The van der Waals surface area contributed by atoms with E-state index >= 15 is 0 Å². The summed E-state index contributed by atoms with van der Waals surface area (Å²) >= 11 is 0. The van der Waals surface area contributed by atoms with Crippen LogP contribution in [0.4, 0.5) is 0 Å². The van der Waals surface area contributed by atoms with Crippen LogP contribution in [0.25, 0.3) is 0 Å². The fourth-order valence-corrected chi connectivity index (χ4v) is 5.58. The Balaban J connectivity index is 2.28. The number of hydrogen-bond donors (Lipinski definition) is 4. The van der Waals surface area contributed by atoms with Crippen molar-refractivity contribution in [3.63, 3.8) is 0 Å². The summed E-state index contributed by atoms with van der Waals surface area (Å²) in [5, 5.41) is 39.8. The largest absolute Gasteiger partial charge is 0.457 e. The molecule has 0 radical (unpaired) electrons. The van der Waals surface area contributed by atoms with Gasteiger partial charge in [0, 0.05) is 13.0 Å². The van der Waals surface area contributed by atoms with Crippen molar-refractivity contribution in [2.75, 3.05) is 26.4 Å². The second-order valence-electron chi connectivity index (χ2n) is 13.0. The van der Waals surface area contributed by atoms with Gasteiger partial charge in [-0.3, -0.25) is 4.79 Å². The Morgan fingerprint density at radius 2 is 1.23 bits per heavy atom. The van der Waals surface area contributed by atoms with E-state index in [9.17, 15) is 25.2 Å². The molecule has 0 amide bonds. The molecule has 6 atom stereocenters. The van der Waals surface area contributed by atoms with E-state index in [-0.39, 0.29) is 19.2 Å². The molecular weight excluding hydrogens is 600 g/mol. The highest BCUT2D eigenvalue weighted by Crippen LogP contribution is 2.22. The summed E-state index contributed by atoms with van der Waals surface area (Å²) in [7, 11) is 0. The van der Waals surface area contributed by atoms with E-state index in [1.165, 1.54) is 77.0 Å². The lowest BCUT2D eigenvalue weighted by Gasteiger charge is -2.39. The van der Waals surface area contributed by atoms with Gasteiger partial charge in [0.15, 0.2) is 6.29 Å². The number of ether oxygens (including phenoxy) is 4. The van der Waals surface area contributed by atoms with Crippen molar-refractivity contribution in [2.45, 2.75) is 185 Å². The Morgan fingerprint density at radius 1 is 0.681 bits per heavy atom. The molecule has 0 aromatic heterocycles. The van der Waals surface area contributed by atoms with Crippen LogP contribution >= 0.6 is 0 Å². The van der Waals surface area contributed by atoms with Crippen LogP contribution in [-0.2, 0) is 23.7 Å². The third kappa shape index (κ3) is 22.8. The van der Waals surface area contributed by atoms with Crippen LogP contribution in [0.15, 0.2) is 24.3 Å². The fraction of sp³-hybridized carbons (Fsp3) is 0.868. The Hall–Kier alpha value is -1.33. The topological polar surface area (TPSA) is 135 Å². The first-order valence-electron chi connectivity index (χ1n) is 18.9. The van der Waals surface area contributed by atoms with Crippen LogP contribution in [0.5, 0.6) is 0 Å². The molecular formula is C38H70O9. The van der Waals surface area contributed by atoms with Crippen LogP contribution in [0, 0.1) is 0 Å². The summed E-state index contributed by atoms with van der Waals surface area (Å²) in [5.41, 5.74) is 0. The lowest BCUT2D eigenvalue weighted by atomic mass is 9.99. The summed E-state index contributed by atoms with van der Waals surface area (Å²) in [6, 6.07) is 0. The first-order valence-corrected chi connectivity index (χ1v) is 18.9. The minimum atomic E-state index is -1.53. The van der Waals surface area contributed by atoms with Gasteiger partial charge >= 0.3 is 5.97 Å². The summed E-state index contributed by atoms with van der Waals surface area (Å²) < 4.78 is 22.6. The summed E-state index contributed by atoms with van der Waals surface area (Å²) in [6.07, 6.45) is 25.1. The van der Waals surface area contributed by atoms with Gasteiger partial charge in [-0.25, -0.2) is 0 Å². The molecule has 1 heterocycles. The van der Waals surface area contributed by atoms with Crippen LogP contribution in [0.1, 0.15) is 149 Å². The second kappa shape index (κ2) is 30.7. The van der Waals surface area contributed by atoms with Crippen LogP contribution in [0.2, 0.25) is 0 Å². The third-order valence-electron chi connectivity index (χ3n) is 8.62. The molecule has 1 fully saturated rings. The number of allylic oxidation sites excluding steroid dienone is 4. The van der Waals surface area contributed by atoms with E-state index in [4.69, 9.17) is 18.9 Å². The van der Waals surface area contributed by atoms with Crippen molar-refractivity contribution in [3.05, 3.63) is 24.3 Å². The third-order valence-corrected chi connectivity index (χ3v) is 8.62. The smallest absolute Gasteiger partial charge is 0.306 e. The van der Waals surface area contributed by atoms with Crippen molar-refractivity contribution >= 4 is 5.97 Å². The molecule has 1 saturated heterocycles. The highest BCUT2D eigenvalue weighted by molar-refractivity contribution is 5.69. The number of esters is 1. The summed E-state index contributed by atoms with van der Waals surface area (Å²) in [4.78, 5) is 12.6. The van der Waals surface area contributed by atoms with E-state index in [0.717, 1.165) is 51.4 Å². The number of carbonyl (C=O) groups excluding carboxylic acids is 1. The molecule has 9 nitrogen and oxygen atoms in total. The molecule has 1 aliphatic heterocycles. The fourth-order valence-electron chi connectivity index (χ4n) is 5.58. The van der Waals surface area contributed by atoms with Crippen molar-refractivity contribution in [3.8, 4) is 0 Å². The summed E-state index contributed by atoms with van der Waals surface area (Å²) in [6.45, 7) is 4.46. The molecule has 0 spiro atoms. The number of rotatable bonds is 31. The highest BCUT2D eigenvalue weighted by Gasteiger charge is 2.44. The molecule has 9 heteroatoms. The number of carbonyl (C=O) groups is 1. The molecule has 0 aliphatic carbocycles. The van der Waals surface area contributed by atoms with E-state index in [1.807, 2.05) is 0 Å². The maximum atomic E-state index is 12.6. The number of unbranched alkanes of at least 4 members (excludes halogenated alkanes) is 16. The quantitative estimate of drug-likeness (QED) is 0.0347. The Labute approximate surface area is 286 Å². The molecule has 1 aliphatic rings. The number of aliphatic hydroxyl groups excluding tert-OH is 4. The molecule has 1 rings (SSSR count). The van der Waals surface area contributed by atoms with Gasteiger partial charge in [-0.2, -0.15) is 0 Å². The number of aliphatic hydroxyl groups is 4. The van der Waals surface area contributed by atoms with Gasteiger partial charge in [-0.1, -0.05) is 122 Å². The van der Waals surface area contributed by atoms with Gasteiger partial charge < -0.3 is 39.4 Å². The lowest BCUT2D eigenvalue weighted by Crippen LogP contribution is -2.59. The summed E-state index contributed by atoms with van der Waals surface area (Å²) in [5.74, 6) is -0.325. The van der Waals surface area contributed by atoms with Gasteiger partial charge in [0.2, 0.25) is 0 Å². The van der Waals surface area contributed by atoms with Crippen molar-refractivity contribution < 1.29 is 44.2 Å². The van der Waals surface area contributed by atoms with Gasteiger partial charge in [0.05, 0.1) is 19.8 Å². The predicted octanol–water partition coefficient (Wildman–Crippen LogP) is 7.08. The van der Waals surface area contributed by atoms with Crippen LogP contribution < -0.4 is 0 Å². The standard InChI is InChI=1S/C38H70O9/c1-3-5-7-9-11-12-13-14-15-16-17-18-19-20-22-24-26-28-44-30-32(46-34(40)27-25-23-21-10-8-6-4-2)31-45-38-37(43)36(42)35(41)33(29-39)47-38/h12-13,15-16,32-33,35-39,41-43H,3-11,14,17-31H2,1-2H3/b13-12-,16-15-. The predicted molar refractivity (Wildman–Crippen MR) is 187 cm³/mol. The molecule has 0 aromatic carbocycles. The first kappa shape index (κ1) is 43.7. The average Bonchev–Trinajstić information content (AvgIpc) is 3.07. The maximum absolute atomic E-state index is 12.6. The van der Waals surface area contributed by atoms with Gasteiger partial charge in [0.1, 0.15) is 30.5 Å². The zero-order valence-electron chi connectivity index (χ0n) is 29.8. The second-order valence-corrected chi connectivity index (χ2v) is 13.0. The minimum absolute atomic E-state index is 0.116. The van der Waals surface area contributed by atoms with Crippen LogP contribution in [0.3, 0.4) is 0 Å². The molecule has 0 aromatic rings. The van der Waals surface area contributed by atoms with Crippen molar-refractivity contribution in [2.24, 2.45) is 0 Å². The van der Waals surface area contributed by atoms with Crippen molar-refractivity contribution in [1.29, 1.82) is 0 Å². The van der Waals surface area contributed by atoms with Gasteiger partial charge in [-0.15, -0.1) is 0 Å². The molecule has 47 heavy (non-hydrogen) atoms. The SMILES string of the molecule is CCCCCC/C=C\C/C=C\CCCCCCCCOCC(COC1OC(CO)C(O)C(O)C1O)OC(=O)CCCCCCCCC. The monoisotopic (exact) mass is 671 g/mol. The highest BCUT2D eigenvalue weighted by atomic mass is 16.7. The van der Waals surface area contributed by atoms with Crippen LogP contribution in [-0.4, -0.2) is 89.6 Å². The van der Waals surface area contributed by atoms with Gasteiger partial charge in [-0.05, 0) is 44.9 Å². The lowest BCUT2D eigenvalue weighted by molar-refractivity contribution is -0.305. The molecule has 6 unspecified atom stereocenters. The molecule has 0 bridgehead atoms. The number of hydrogen-bond acceptors (Lipinski definition) is 9. The molecule has 4 N–H and O–H groups in total. The Morgan fingerprint density at radius 3 is 1.85 bits per heavy atom. The Kier molecular flexibility index (Phi) is 28.5. The zero-order chi connectivity index (χ0) is 34.4.